The fourth-order valence-corrected chi connectivity index (χ4v) is 2.00. The molecular formula is C11H13BrN2O5. The van der Waals surface area contributed by atoms with Crippen molar-refractivity contribution in [2.24, 2.45) is 0 Å². The van der Waals surface area contributed by atoms with Crippen LogP contribution < -0.4 is 5.32 Å². The normalized spacial score (nSPS) is 11.9. The molecule has 1 heterocycles. The van der Waals surface area contributed by atoms with E-state index in [1.54, 1.807) is 16.8 Å². The lowest BCUT2D eigenvalue weighted by atomic mass is 10.2. The number of amides is 1. The van der Waals surface area contributed by atoms with Crippen molar-refractivity contribution >= 4 is 33.8 Å². The SMILES string of the molecule is CCn1cc(Br)cc1C(=O)N[C@H](CC(=O)O)C(=O)O. The molecule has 0 aliphatic carbocycles. The Kier molecular flexibility index (Phi) is 5.11. The summed E-state index contributed by atoms with van der Waals surface area (Å²) in [6, 6.07) is 0.0855. The van der Waals surface area contributed by atoms with Crippen LogP contribution in [0.3, 0.4) is 0 Å². The fourth-order valence-electron chi connectivity index (χ4n) is 1.53. The molecule has 1 amide bonds. The maximum atomic E-state index is 11.9. The van der Waals surface area contributed by atoms with Gasteiger partial charge < -0.3 is 20.1 Å². The highest BCUT2D eigenvalue weighted by Gasteiger charge is 2.24. The van der Waals surface area contributed by atoms with Gasteiger partial charge in [-0.05, 0) is 28.9 Å². The number of halogens is 1. The van der Waals surface area contributed by atoms with Gasteiger partial charge in [0.05, 0.1) is 6.42 Å². The van der Waals surface area contributed by atoms with Crippen LogP contribution >= 0.6 is 15.9 Å². The zero-order valence-corrected chi connectivity index (χ0v) is 11.7. The summed E-state index contributed by atoms with van der Waals surface area (Å²) in [5.74, 6) is -3.30. The number of carbonyl (C=O) groups excluding carboxylic acids is 1. The number of nitrogens with zero attached hydrogens (tertiary/aromatic N) is 1. The van der Waals surface area contributed by atoms with E-state index in [2.05, 4.69) is 21.2 Å². The highest BCUT2D eigenvalue weighted by molar-refractivity contribution is 9.10. The Balaban J connectivity index is 2.87. The van der Waals surface area contributed by atoms with Crippen molar-refractivity contribution in [1.29, 1.82) is 0 Å². The van der Waals surface area contributed by atoms with Gasteiger partial charge in [-0.3, -0.25) is 9.59 Å². The molecule has 0 aromatic carbocycles. The minimum Gasteiger partial charge on any atom is -0.481 e. The molecule has 19 heavy (non-hydrogen) atoms. The molecule has 0 radical (unpaired) electrons. The Bertz CT molecular complexity index is 511. The lowest BCUT2D eigenvalue weighted by molar-refractivity contribution is -0.145. The fraction of sp³-hybridized carbons (Fsp3) is 0.364. The number of nitrogens with one attached hydrogen (secondary N) is 1. The van der Waals surface area contributed by atoms with Gasteiger partial charge in [-0.15, -0.1) is 0 Å². The third-order valence-electron chi connectivity index (χ3n) is 2.42. The first kappa shape index (κ1) is 15.2. The van der Waals surface area contributed by atoms with Crippen LogP contribution in [-0.4, -0.2) is 38.7 Å². The first-order chi connectivity index (χ1) is 8.85. The molecule has 0 unspecified atom stereocenters. The summed E-state index contributed by atoms with van der Waals surface area (Å²) in [5.41, 5.74) is 0.269. The van der Waals surface area contributed by atoms with E-state index in [0.717, 1.165) is 0 Å². The predicted molar refractivity (Wildman–Crippen MR) is 68.9 cm³/mol. The number of carboxylic acids is 2. The number of hydrogen-bond donors (Lipinski definition) is 3. The number of carbonyl (C=O) groups is 3. The molecule has 0 aliphatic heterocycles. The number of aromatic nitrogens is 1. The van der Waals surface area contributed by atoms with Crippen molar-refractivity contribution in [3.05, 3.63) is 22.4 Å². The molecule has 1 aromatic rings. The van der Waals surface area contributed by atoms with Gasteiger partial charge in [0.15, 0.2) is 0 Å². The molecule has 8 heteroatoms. The minimum atomic E-state index is -1.45. The highest BCUT2D eigenvalue weighted by atomic mass is 79.9. The third kappa shape index (κ3) is 4.09. The molecule has 104 valence electrons. The van der Waals surface area contributed by atoms with Crippen LogP contribution in [0.5, 0.6) is 0 Å². The van der Waals surface area contributed by atoms with Crippen LogP contribution in [0.4, 0.5) is 0 Å². The quantitative estimate of drug-likeness (QED) is 0.718. The summed E-state index contributed by atoms with van der Waals surface area (Å²) in [7, 11) is 0. The second-order valence-corrected chi connectivity index (χ2v) is 4.71. The summed E-state index contributed by atoms with van der Waals surface area (Å²) < 4.78 is 2.31. The molecule has 0 saturated heterocycles. The van der Waals surface area contributed by atoms with E-state index < -0.39 is 30.3 Å². The second kappa shape index (κ2) is 6.37. The van der Waals surface area contributed by atoms with Gasteiger partial charge in [0.2, 0.25) is 0 Å². The minimum absolute atomic E-state index is 0.269. The van der Waals surface area contributed by atoms with Gasteiger partial charge in [-0.1, -0.05) is 0 Å². The lowest BCUT2D eigenvalue weighted by Gasteiger charge is -2.13. The molecular weight excluding hydrogens is 320 g/mol. The van der Waals surface area contributed by atoms with Gasteiger partial charge in [-0.2, -0.15) is 0 Å². The number of carboxylic acid groups (broad SMARTS) is 2. The van der Waals surface area contributed by atoms with Crippen LogP contribution in [0, 0.1) is 0 Å². The van der Waals surface area contributed by atoms with E-state index in [9.17, 15) is 14.4 Å². The summed E-state index contributed by atoms with van der Waals surface area (Å²) >= 11 is 3.22. The molecule has 7 nitrogen and oxygen atoms in total. The maximum absolute atomic E-state index is 11.9. The number of rotatable bonds is 6. The molecule has 1 aromatic heterocycles. The maximum Gasteiger partial charge on any atom is 0.326 e. The van der Waals surface area contributed by atoms with Crippen molar-refractivity contribution < 1.29 is 24.6 Å². The number of hydrogen-bond acceptors (Lipinski definition) is 3. The predicted octanol–water partition coefficient (Wildman–Crippen LogP) is 0.928. The molecule has 0 fully saturated rings. The van der Waals surface area contributed by atoms with E-state index in [0.29, 0.717) is 11.0 Å². The zero-order valence-electron chi connectivity index (χ0n) is 10.1. The molecule has 1 rings (SSSR count). The Morgan fingerprint density at radius 2 is 2.05 bits per heavy atom. The van der Waals surface area contributed by atoms with E-state index in [1.165, 1.54) is 0 Å². The van der Waals surface area contributed by atoms with Crippen LogP contribution in [0.1, 0.15) is 23.8 Å². The Morgan fingerprint density at radius 3 is 2.53 bits per heavy atom. The second-order valence-electron chi connectivity index (χ2n) is 3.79. The highest BCUT2D eigenvalue weighted by Crippen LogP contribution is 2.15. The van der Waals surface area contributed by atoms with E-state index in [1.807, 2.05) is 6.92 Å². The Labute approximate surface area is 117 Å². The van der Waals surface area contributed by atoms with Crippen LogP contribution in [-0.2, 0) is 16.1 Å². The zero-order chi connectivity index (χ0) is 14.6. The van der Waals surface area contributed by atoms with Gasteiger partial charge in [0.25, 0.3) is 5.91 Å². The van der Waals surface area contributed by atoms with Gasteiger partial charge in [0.1, 0.15) is 11.7 Å². The molecule has 0 bridgehead atoms. The average Bonchev–Trinajstić information content (AvgIpc) is 2.68. The number of aliphatic carboxylic acids is 2. The van der Waals surface area contributed by atoms with Crippen molar-refractivity contribution in [3.63, 3.8) is 0 Å². The Hall–Kier alpha value is -1.83. The summed E-state index contributed by atoms with van der Waals surface area (Å²) in [4.78, 5) is 33.3. The molecule has 0 saturated carbocycles. The molecule has 3 N–H and O–H groups in total. The van der Waals surface area contributed by atoms with Crippen molar-refractivity contribution in [2.75, 3.05) is 0 Å². The van der Waals surface area contributed by atoms with Gasteiger partial charge >= 0.3 is 11.9 Å². The lowest BCUT2D eigenvalue weighted by Crippen LogP contribution is -2.42. The van der Waals surface area contributed by atoms with Crippen molar-refractivity contribution in [1.82, 2.24) is 9.88 Å². The summed E-state index contributed by atoms with van der Waals surface area (Å²) in [5, 5.41) is 19.6. The topological polar surface area (TPSA) is 109 Å². The summed E-state index contributed by atoms with van der Waals surface area (Å²) in [6.07, 6.45) is 1.01. The van der Waals surface area contributed by atoms with E-state index in [-0.39, 0.29) is 5.69 Å². The van der Waals surface area contributed by atoms with Crippen LogP contribution in [0.2, 0.25) is 0 Å². The Morgan fingerprint density at radius 1 is 1.42 bits per heavy atom. The molecule has 1 atom stereocenters. The van der Waals surface area contributed by atoms with E-state index in [4.69, 9.17) is 10.2 Å². The molecule has 0 aliphatic rings. The van der Waals surface area contributed by atoms with Crippen LogP contribution in [0.15, 0.2) is 16.7 Å². The van der Waals surface area contributed by atoms with Gasteiger partial charge in [0, 0.05) is 17.2 Å². The first-order valence-corrected chi connectivity index (χ1v) is 6.25. The largest absolute Gasteiger partial charge is 0.481 e. The number of aryl methyl sites for hydroxylation is 1. The monoisotopic (exact) mass is 332 g/mol. The third-order valence-corrected chi connectivity index (χ3v) is 2.85. The van der Waals surface area contributed by atoms with E-state index >= 15 is 0 Å². The standard InChI is InChI=1S/C11H13BrN2O5/c1-2-14-5-6(12)3-8(14)10(17)13-7(11(18)19)4-9(15)16/h3,5,7H,2,4H2,1H3,(H,13,17)(H,15,16)(H,18,19)/t7-/m1/s1. The smallest absolute Gasteiger partial charge is 0.326 e. The first-order valence-electron chi connectivity index (χ1n) is 5.46. The average molecular weight is 333 g/mol. The van der Waals surface area contributed by atoms with Crippen LogP contribution in [0.25, 0.3) is 0 Å². The molecule has 0 spiro atoms. The summed E-state index contributed by atoms with van der Waals surface area (Å²) in [6.45, 7) is 2.36. The van der Waals surface area contributed by atoms with Crippen molar-refractivity contribution in [2.45, 2.75) is 25.9 Å². The van der Waals surface area contributed by atoms with Gasteiger partial charge in [-0.25, -0.2) is 4.79 Å². The van der Waals surface area contributed by atoms with Crippen molar-refractivity contribution in [3.8, 4) is 0 Å².